The van der Waals surface area contributed by atoms with Crippen LogP contribution in [0.5, 0.6) is 0 Å². The Morgan fingerprint density at radius 3 is 2.94 bits per heavy atom. The van der Waals surface area contributed by atoms with Crippen LogP contribution in [0.15, 0.2) is 17.5 Å². The molecule has 3 nitrogen and oxygen atoms in total. The molecule has 4 heteroatoms. The Morgan fingerprint density at radius 1 is 1.39 bits per heavy atom. The molecular weight excluding hydrogens is 244 g/mol. The second-order valence-corrected chi connectivity index (χ2v) is 5.87. The van der Waals surface area contributed by atoms with Gasteiger partial charge in [0.05, 0.1) is 6.61 Å². The topological polar surface area (TPSA) is 24.5 Å². The molecule has 0 amide bonds. The molecule has 1 aromatic rings. The minimum Gasteiger partial charge on any atom is -0.383 e. The zero-order valence-electron chi connectivity index (χ0n) is 11.2. The van der Waals surface area contributed by atoms with E-state index < -0.39 is 0 Å². The zero-order chi connectivity index (χ0) is 12.6. The molecule has 1 N–H and O–H groups in total. The Balaban J connectivity index is 1.53. The first-order chi connectivity index (χ1) is 8.90. The predicted molar refractivity (Wildman–Crippen MR) is 77.4 cm³/mol. The van der Waals surface area contributed by atoms with Gasteiger partial charge in [-0.15, -0.1) is 11.3 Å². The van der Waals surface area contributed by atoms with Crippen molar-refractivity contribution in [2.24, 2.45) is 0 Å². The first kappa shape index (κ1) is 14.0. The van der Waals surface area contributed by atoms with Gasteiger partial charge in [0.1, 0.15) is 0 Å². The molecule has 0 unspecified atom stereocenters. The van der Waals surface area contributed by atoms with Gasteiger partial charge in [0.2, 0.25) is 0 Å². The fraction of sp³-hybridized carbons (Fsp3) is 0.714. The summed E-state index contributed by atoms with van der Waals surface area (Å²) in [4.78, 5) is 4.03. The van der Waals surface area contributed by atoms with Crippen molar-refractivity contribution in [3.63, 3.8) is 0 Å². The second-order valence-electron chi connectivity index (χ2n) is 4.84. The van der Waals surface area contributed by atoms with Crippen molar-refractivity contribution < 1.29 is 4.74 Å². The van der Waals surface area contributed by atoms with Crippen LogP contribution in [0.25, 0.3) is 0 Å². The standard InChI is InChI=1S/C14H24N2OS/c1-17-11-10-16(13-4-5-13)9-8-15-7-6-14-3-2-12-18-14/h2-3,12-13,15H,4-11H2,1H3. The first-order valence-corrected chi connectivity index (χ1v) is 7.74. The van der Waals surface area contributed by atoms with Crippen molar-refractivity contribution in [1.29, 1.82) is 0 Å². The number of thiophene rings is 1. The Kier molecular flexibility index (Phi) is 6.14. The molecule has 0 radical (unpaired) electrons. The Hall–Kier alpha value is -0.420. The van der Waals surface area contributed by atoms with Crippen molar-refractivity contribution in [2.45, 2.75) is 25.3 Å². The lowest BCUT2D eigenvalue weighted by Crippen LogP contribution is -2.36. The maximum Gasteiger partial charge on any atom is 0.0589 e. The molecule has 1 aromatic heterocycles. The summed E-state index contributed by atoms with van der Waals surface area (Å²) in [6.45, 7) is 5.26. The summed E-state index contributed by atoms with van der Waals surface area (Å²) in [6.07, 6.45) is 3.90. The third-order valence-electron chi connectivity index (χ3n) is 3.35. The Bertz CT molecular complexity index is 312. The van der Waals surface area contributed by atoms with E-state index in [1.807, 2.05) is 11.3 Å². The zero-order valence-corrected chi connectivity index (χ0v) is 12.0. The average molecular weight is 268 g/mol. The smallest absolute Gasteiger partial charge is 0.0589 e. The van der Waals surface area contributed by atoms with Gasteiger partial charge in [-0.2, -0.15) is 0 Å². The van der Waals surface area contributed by atoms with Gasteiger partial charge in [0.15, 0.2) is 0 Å². The van der Waals surface area contributed by atoms with Crippen molar-refractivity contribution in [1.82, 2.24) is 10.2 Å². The summed E-state index contributed by atoms with van der Waals surface area (Å²) in [5.41, 5.74) is 0. The van der Waals surface area contributed by atoms with Crippen molar-refractivity contribution in [3.8, 4) is 0 Å². The highest BCUT2D eigenvalue weighted by Gasteiger charge is 2.27. The largest absolute Gasteiger partial charge is 0.383 e. The fourth-order valence-corrected chi connectivity index (χ4v) is 2.85. The summed E-state index contributed by atoms with van der Waals surface area (Å²) in [5, 5.41) is 5.69. The number of hydrogen-bond acceptors (Lipinski definition) is 4. The van der Waals surface area contributed by atoms with E-state index in [0.717, 1.165) is 45.2 Å². The summed E-state index contributed by atoms with van der Waals surface area (Å²) in [7, 11) is 1.78. The maximum atomic E-state index is 5.17. The van der Waals surface area contributed by atoms with E-state index in [0.29, 0.717) is 0 Å². The molecule has 1 aliphatic carbocycles. The lowest BCUT2D eigenvalue weighted by molar-refractivity contribution is 0.144. The number of nitrogens with one attached hydrogen (secondary N) is 1. The van der Waals surface area contributed by atoms with Gasteiger partial charge >= 0.3 is 0 Å². The lowest BCUT2D eigenvalue weighted by atomic mass is 10.3. The predicted octanol–water partition coefficient (Wildman–Crippen LogP) is 1.99. The second kappa shape index (κ2) is 7.89. The third kappa shape index (κ3) is 5.06. The molecule has 0 bridgehead atoms. The van der Waals surface area contributed by atoms with E-state index in [-0.39, 0.29) is 0 Å². The summed E-state index contributed by atoms with van der Waals surface area (Å²) >= 11 is 1.85. The van der Waals surface area contributed by atoms with E-state index >= 15 is 0 Å². The molecule has 1 fully saturated rings. The molecule has 0 spiro atoms. The van der Waals surface area contributed by atoms with Gasteiger partial charge in [0.25, 0.3) is 0 Å². The minimum absolute atomic E-state index is 0.833. The molecule has 0 atom stereocenters. The number of rotatable bonds is 10. The van der Waals surface area contributed by atoms with E-state index in [4.69, 9.17) is 4.74 Å². The van der Waals surface area contributed by atoms with Gasteiger partial charge in [-0.05, 0) is 30.7 Å². The molecule has 1 heterocycles. The van der Waals surface area contributed by atoms with Gasteiger partial charge < -0.3 is 10.1 Å². The van der Waals surface area contributed by atoms with Crippen LogP contribution in [0.4, 0.5) is 0 Å². The van der Waals surface area contributed by atoms with E-state index in [9.17, 15) is 0 Å². The molecule has 0 saturated heterocycles. The van der Waals surface area contributed by atoms with Crippen LogP contribution < -0.4 is 5.32 Å². The highest BCUT2D eigenvalue weighted by Crippen LogP contribution is 2.25. The average Bonchev–Trinajstić information content (AvgIpc) is 3.10. The van der Waals surface area contributed by atoms with E-state index in [1.54, 1.807) is 7.11 Å². The quantitative estimate of drug-likeness (QED) is 0.657. The van der Waals surface area contributed by atoms with E-state index in [2.05, 4.69) is 27.7 Å². The molecular formula is C14H24N2OS. The van der Waals surface area contributed by atoms with Gasteiger partial charge in [0, 0.05) is 44.2 Å². The summed E-state index contributed by atoms with van der Waals surface area (Å²) in [6, 6.07) is 5.17. The summed E-state index contributed by atoms with van der Waals surface area (Å²) in [5.74, 6) is 0. The van der Waals surface area contributed by atoms with Crippen molar-refractivity contribution >= 4 is 11.3 Å². The van der Waals surface area contributed by atoms with Gasteiger partial charge in [-0.3, -0.25) is 4.90 Å². The van der Waals surface area contributed by atoms with E-state index in [1.165, 1.54) is 17.7 Å². The maximum absolute atomic E-state index is 5.17. The van der Waals surface area contributed by atoms with Gasteiger partial charge in [-0.1, -0.05) is 6.07 Å². The van der Waals surface area contributed by atoms with Crippen LogP contribution in [-0.4, -0.2) is 50.8 Å². The molecule has 0 aromatic carbocycles. The highest BCUT2D eigenvalue weighted by molar-refractivity contribution is 7.09. The van der Waals surface area contributed by atoms with Crippen LogP contribution in [0, 0.1) is 0 Å². The normalized spacial score (nSPS) is 15.4. The van der Waals surface area contributed by atoms with Crippen molar-refractivity contribution in [2.75, 3.05) is 39.9 Å². The number of hydrogen-bond donors (Lipinski definition) is 1. The monoisotopic (exact) mass is 268 g/mol. The van der Waals surface area contributed by atoms with Crippen LogP contribution in [0.1, 0.15) is 17.7 Å². The van der Waals surface area contributed by atoms with Crippen LogP contribution in [0.3, 0.4) is 0 Å². The SMILES string of the molecule is COCCN(CCNCCc1cccs1)C1CC1. The molecule has 2 rings (SSSR count). The molecule has 18 heavy (non-hydrogen) atoms. The van der Waals surface area contributed by atoms with Crippen LogP contribution in [0.2, 0.25) is 0 Å². The van der Waals surface area contributed by atoms with Crippen LogP contribution >= 0.6 is 11.3 Å². The Morgan fingerprint density at radius 2 is 2.28 bits per heavy atom. The highest BCUT2D eigenvalue weighted by atomic mass is 32.1. The number of ether oxygens (including phenoxy) is 1. The molecule has 102 valence electrons. The molecule has 0 aliphatic heterocycles. The fourth-order valence-electron chi connectivity index (χ4n) is 2.14. The number of methoxy groups -OCH3 is 1. The third-order valence-corrected chi connectivity index (χ3v) is 4.29. The van der Waals surface area contributed by atoms with Crippen LogP contribution in [-0.2, 0) is 11.2 Å². The Labute approximate surface area is 114 Å². The minimum atomic E-state index is 0.833. The summed E-state index contributed by atoms with van der Waals surface area (Å²) < 4.78 is 5.17. The molecule has 1 saturated carbocycles. The number of nitrogens with zero attached hydrogens (tertiary/aromatic N) is 1. The molecule has 1 aliphatic rings. The first-order valence-electron chi connectivity index (χ1n) is 6.86. The van der Waals surface area contributed by atoms with Gasteiger partial charge in [-0.25, -0.2) is 0 Å². The van der Waals surface area contributed by atoms with Crippen molar-refractivity contribution in [3.05, 3.63) is 22.4 Å². The lowest BCUT2D eigenvalue weighted by Gasteiger charge is -2.21.